The van der Waals surface area contributed by atoms with Crippen molar-refractivity contribution in [1.29, 1.82) is 0 Å². The van der Waals surface area contributed by atoms with Crippen molar-refractivity contribution in [1.82, 2.24) is 10.8 Å². The zero-order valence-corrected chi connectivity index (χ0v) is 15.3. The number of rotatable bonds is 7. The molecule has 4 nitrogen and oxygen atoms in total. The SMILES string of the molecule is CC(C)C(=O)NC(Cc1ccccc1)C1C=C(Cc2ccccc2)NO1. The first-order valence-corrected chi connectivity index (χ1v) is 9.12. The van der Waals surface area contributed by atoms with Crippen LogP contribution in [0.15, 0.2) is 72.4 Å². The zero-order valence-electron chi connectivity index (χ0n) is 15.3. The molecule has 0 saturated carbocycles. The Balaban J connectivity index is 1.72. The number of carbonyl (C=O) groups is 1. The summed E-state index contributed by atoms with van der Waals surface area (Å²) in [6, 6.07) is 20.3. The third-order valence-electron chi connectivity index (χ3n) is 4.48. The fourth-order valence-electron chi connectivity index (χ4n) is 2.99. The highest BCUT2D eigenvalue weighted by Crippen LogP contribution is 2.18. The normalized spacial score (nSPS) is 17.5. The average Bonchev–Trinajstić information content (AvgIpc) is 3.11. The van der Waals surface area contributed by atoms with Gasteiger partial charge >= 0.3 is 0 Å². The maximum Gasteiger partial charge on any atom is 0.222 e. The van der Waals surface area contributed by atoms with Crippen molar-refractivity contribution < 1.29 is 9.63 Å². The largest absolute Gasteiger partial charge is 0.350 e. The van der Waals surface area contributed by atoms with Crippen LogP contribution in [0.5, 0.6) is 0 Å². The molecule has 2 aromatic rings. The van der Waals surface area contributed by atoms with Gasteiger partial charge in [-0.2, -0.15) is 0 Å². The molecule has 26 heavy (non-hydrogen) atoms. The maximum atomic E-state index is 12.3. The second kappa shape index (κ2) is 8.68. The molecule has 1 aliphatic heterocycles. The van der Waals surface area contributed by atoms with E-state index in [9.17, 15) is 4.79 Å². The summed E-state index contributed by atoms with van der Waals surface area (Å²) < 4.78 is 0. The Hall–Kier alpha value is -2.59. The summed E-state index contributed by atoms with van der Waals surface area (Å²) in [4.78, 5) is 18.1. The van der Waals surface area contributed by atoms with Crippen LogP contribution < -0.4 is 10.8 Å². The number of allylic oxidation sites excluding steroid dienone is 1. The van der Waals surface area contributed by atoms with Crippen LogP contribution in [0.25, 0.3) is 0 Å². The van der Waals surface area contributed by atoms with Gasteiger partial charge in [-0.1, -0.05) is 74.5 Å². The summed E-state index contributed by atoms with van der Waals surface area (Å²) in [5.74, 6) is -0.0187. The topological polar surface area (TPSA) is 50.4 Å². The fraction of sp³-hybridized carbons (Fsp3) is 0.318. The van der Waals surface area contributed by atoms with Gasteiger partial charge in [0.2, 0.25) is 5.91 Å². The van der Waals surface area contributed by atoms with E-state index >= 15 is 0 Å². The Labute approximate surface area is 155 Å². The third kappa shape index (κ3) is 4.96. The Morgan fingerprint density at radius 3 is 2.27 bits per heavy atom. The second-order valence-corrected chi connectivity index (χ2v) is 7.00. The molecule has 0 aromatic heterocycles. The van der Waals surface area contributed by atoms with Crippen LogP contribution in [-0.2, 0) is 22.5 Å². The van der Waals surface area contributed by atoms with Gasteiger partial charge in [0.15, 0.2) is 0 Å². The quantitative estimate of drug-likeness (QED) is 0.805. The molecule has 3 rings (SSSR count). The zero-order chi connectivity index (χ0) is 18.4. The molecule has 0 fully saturated rings. The predicted molar refractivity (Wildman–Crippen MR) is 103 cm³/mol. The Bertz CT molecular complexity index is 741. The molecule has 2 unspecified atom stereocenters. The van der Waals surface area contributed by atoms with Crippen molar-refractivity contribution >= 4 is 5.91 Å². The van der Waals surface area contributed by atoms with E-state index < -0.39 is 0 Å². The molecule has 2 aromatic carbocycles. The van der Waals surface area contributed by atoms with Crippen molar-refractivity contribution in [3.63, 3.8) is 0 Å². The molecule has 136 valence electrons. The number of hydrogen-bond donors (Lipinski definition) is 2. The Morgan fingerprint density at radius 1 is 1.04 bits per heavy atom. The third-order valence-corrected chi connectivity index (χ3v) is 4.48. The van der Waals surface area contributed by atoms with E-state index in [1.54, 1.807) is 0 Å². The lowest BCUT2D eigenvalue weighted by atomic mass is 9.99. The molecule has 4 heteroatoms. The van der Waals surface area contributed by atoms with E-state index in [1.165, 1.54) is 11.1 Å². The maximum absolute atomic E-state index is 12.3. The number of nitrogens with one attached hydrogen (secondary N) is 2. The van der Waals surface area contributed by atoms with Gasteiger partial charge in [-0.05, 0) is 23.6 Å². The fourth-order valence-corrected chi connectivity index (χ4v) is 2.99. The van der Waals surface area contributed by atoms with Gasteiger partial charge in [0, 0.05) is 18.0 Å². The first kappa shape index (κ1) is 18.2. The Morgan fingerprint density at radius 2 is 1.65 bits per heavy atom. The van der Waals surface area contributed by atoms with Gasteiger partial charge in [0.25, 0.3) is 0 Å². The van der Waals surface area contributed by atoms with Gasteiger partial charge in [-0.15, -0.1) is 0 Å². The standard InChI is InChI=1S/C22H26N2O2/c1-16(2)22(25)23-20(14-18-11-7-4-8-12-18)21-15-19(24-26-21)13-17-9-5-3-6-10-17/h3-12,15-16,20-21,24H,13-14H2,1-2H3,(H,23,25). The van der Waals surface area contributed by atoms with Crippen LogP contribution >= 0.6 is 0 Å². The lowest BCUT2D eigenvalue weighted by Crippen LogP contribution is -2.46. The smallest absolute Gasteiger partial charge is 0.222 e. The number of benzene rings is 2. The number of amides is 1. The summed E-state index contributed by atoms with van der Waals surface area (Å²) in [6.07, 6.45) is 3.40. The van der Waals surface area contributed by atoms with Crippen LogP contribution in [0, 0.1) is 5.92 Å². The van der Waals surface area contributed by atoms with Crippen molar-refractivity contribution in [3.05, 3.63) is 83.6 Å². The minimum Gasteiger partial charge on any atom is -0.350 e. The highest BCUT2D eigenvalue weighted by Gasteiger charge is 2.28. The summed E-state index contributed by atoms with van der Waals surface area (Å²) in [7, 11) is 0. The van der Waals surface area contributed by atoms with Crippen LogP contribution in [0.2, 0.25) is 0 Å². The van der Waals surface area contributed by atoms with E-state index in [0.717, 1.165) is 18.5 Å². The summed E-state index contributed by atoms with van der Waals surface area (Å²) >= 11 is 0. The first-order valence-electron chi connectivity index (χ1n) is 9.12. The molecule has 2 atom stereocenters. The van der Waals surface area contributed by atoms with Gasteiger partial charge in [0.1, 0.15) is 6.10 Å². The average molecular weight is 350 g/mol. The molecular formula is C22H26N2O2. The van der Waals surface area contributed by atoms with E-state index in [2.05, 4.69) is 41.1 Å². The van der Waals surface area contributed by atoms with Crippen molar-refractivity contribution in [2.75, 3.05) is 0 Å². The molecule has 0 bridgehead atoms. The number of hydroxylamine groups is 1. The highest BCUT2D eigenvalue weighted by molar-refractivity contribution is 5.78. The van der Waals surface area contributed by atoms with Gasteiger partial charge in [-0.25, -0.2) is 0 Å². The summed E-state index contributed by atoms with van der Waals surface area (Å²) in [5.41, 5.74) is 6.46. The molecule has 0 radical (unpaired) electrons. The molecule has 0 spiro atoms. The number of carbonyl (C=O) groups excluding carboxylic acids is 1. The summed E-state index contributed by atoms with van der Waals surface area (Å²) in [6.45, 7) is 3.80. The van der Waals surface area contributed by atoms with Crippen molar-refractivity contribution in [2.45, 2.75) is 38.8 Å². The van der Waals surface area contributed by atoms with Crippen LogP contribution in [0.3, 0.4) is 0 Å². The minimum absolute atomic E-state index is 0.0411. The molecule has 1 amide bonds. The van der Waals surface area contributed by atoms with Crippen LogP contribution in [0.4, 0.5) is 0 Å². The summed E-state index contributed by atoms with van der Waals surface area (Å²) in [5, 5.41) is 3.14. The molecule has 1 heterocycles. The molecule has 1 aliphatic rings. The van der Waals surface area contributed by atoms with Gasteiger partial charge in [0.05, 0.1) is 6.04 Å². The van der Waals surface area contributed by atoms with E-state index in [-0.39, 0.29) is 24.0 Å². The number of hydrogen-bond acceptors (Lipinski definition) is 3. The molecule has 0 saturated heterocycles. The predicted octanol–water partition coefficient (Wildman–Crippen LogP) is 3.40. The van der Waals surface area contributed by atoms with Crippen LogP contribution in [-0.4, -0.2) is 18.1 Å². The lowest BCUT2D eigenvalue weighted by molar-refractivity contribution is -0.125. The van der Waals surface area contributed by atoms with Gasteiger partial charge < -0.3 is 5.32 Å². The minimum atomic E-state index is -0.198. The monoisotopic (exact) mass is 350 g/mol. The van der Waals surface area contributed by atoms with Gasteiger partial charge in [-0.3, -0.25) is 15.1 Å². The molecule has 2 N–H and O–H groups in total. The van der Waals surface area contributed by atoms with E-state index in [1.807, 2.05) is 50.2 Å². The lowest BCUT2D eigenvalue weighted by Gasteiger charge is -2.23. The highest BCUT2D eigenvalue weighted by atomic mass is 16.7. The van der Waals surface area contributed by atoms with E-state index in [4.69, 9.17) is 4.84 Å². The van der Waals surface area contributed by atoms with Crippen molar-refractivity contribution in [3.8, 4) is 0 Å². The Kier molecular flexibility index (Phi) is 6.08. The molecular weight excluding hydrogens is 324 g/mol. The molecule has 0 aliphatic carbocycles. The first-order chi connectivity index (χ1) is 12.6. The van der Waals surface area contributed by atoms with Crippen molar-refractivity contribution in [2.24, 2.45) is 5.92 Å². The second-order valence-electron chi connectivity index (χ2n) is 7.00. The van der Waals surface area contributed by atoms with E-state index in [0.29, 0.717) is 0 Å². The van der Waals surface area contributed by atoms with Crippen LogP contribution in [0.1, 0.15) is 25.0 Å².